The Hall–Kier alpha value is -1.43. The van der Waals surface area contributed by atoms with E-state index in [4.69, 9.17) is 4.74 Å². The molecule has 0 spiro atoms. The first-order chi connectivity index (χ1) is 12.3. The van der Waals surface area contributed by atoms with Gasteiger partial charge in [-0.1, -0.05) is 49.6 Å². The van der Waals surface area contributed by atoms with Gasteiger partial charge in [0.2, 0.25) is 0 Å². The molecule has 2 aliphatic rings. The number of benzene rings is 1. The number of carbonyl (C=O) groups is 1. The van der Waals surface area contributed by atoms with Gasteiger partial charge in [-0.25, -0.2) is 0 Å². The summed E-state index contributed by atoms with van der Waals surface area (Å²) in [6.07, 6.45) is 4.98. The van der Waals surface area contributed by atoms with E-state index in [2.05, 4.69) is 22.3 Å². The predicted molar refractivity (Wildman–Crippen MR) is 97.1 cm³/mol. The van der Waals surface area contributed by atoms with Crippen molar-refractivity contribution in [1.82, 2.24) is 10.2 Å². The van der Waals surface area contributed by atoms with Crippen molar-refractivity contribution in [2.45, 2.75) is 50.8 Å². The van der Waals surface area contributed by atoms with Gasteiger partial charge in [-0.3, -0.25) is 9.69 Å². The number of nitrogens with one attached hydrogen (secondary N) is 1. The fraction of sp³-hybridized carbons (Fsp3) is 0.650. The van der Waals surface area contributed by atoms with Crippen LogP contribution in [-0.2, 0) is 16.1 Å². The van der Waals surface area contributed by atoms with Crippen molar-refractivity contribution in [3.05, 3.63) is 35.9 Å². The molecule has 1 saturated heterocycles. The number of nitrogens with zero attached hydrogens (tertiary/aromatic N) is 1. The second-order valence-corrected chi connectivity index (χ2v) is 7.28. The molecule has 1 amide bonds. The van der Waals surface area contributed by atoms with E-state index >= 15 is 0 Å². The normalized spacial score (nSPS) is 28.3. The highest BCUT2D eigenvalue weighted by Crippen LogP contribution is 2.23. The fourth-order valence-corrected chi connectivity index (χ4v) is 3.92. The van der Waals surface area contributed by atoms with Crippen LogP contribution in [0.5, 0.6) is 0 Å². The zero-order valence-corrected chi connectivity index (χ0v) is 14.9. The summed E-state index contributed by atoms with van der Waals surface area (Å²) >= 11 is 0. The third-order valence-electron chi connectivity index (χ3n) is 5.41. The standard InChI is InChI=1S/C20H30N2O3/c23-15-17-9-5-2-6-10-18(17)21-20(24)19-14-22(11-12-25-19)13-16-7-3-1-4-8-16/h1,3-4,7-8,17-19,23H,2,5-6,9-15H2,(H,21,24). The molecule has 3 rings (SSSR count). The number of aliphatic hydroxyl groups excluding tert-OH is 1. The molecule has 1 heterocycles. The molecule has 1 aromatic carbocycles. The third-order valence-corrected chi connectivity index (χ3v) is 5.41. The summed E-state index contributed by atoms with van der Waals surface area (Å²) in [4.78, 5) is 15.0. The lowest BCUT2D eigenvalue weighted by Crippen LogP contribution is -2.52. The Bertz CT molecular complexity index is 537. The minimum absolute atomic E-state index is 0.0249. The second-order valence-electron chi connectivity index (χ2n) is 7.28. The van der Waals surface area contributed by atoms with Crippen LogP contribution in [0, 0.1) is 5.92 Å². The summed E-state index contributed by atoms with van der Waals surface area (Å²) in [5.74, 6) is 0.151. The number of amides is 1. The number of morpholine rings is 1. The highest BCUT2D eigenvalue weighted by atomic mass is 16.5. The molecule has 1 aliphatic carbocycles. The summed E-state index contributed by atoms with van der Waals surface area (Å²) in [5.41, 5.74) is 1.26. The highest BCUT2D eigenvalue weighted by molar-refractivity contribution is 5.81. The van der Waals surface area contributed by atoms with Gasteiger partial charge >= 0.3 is 0 Å². The zero-order chi connectivity index (χ0) is 17.5. The summed E-state index contributed by atoms with van der Waals surface area (Å²) in [5, 5.41) is 12.8. The topological polar surface area (TPSA) is 61.8 Å². The molecule has 0 aromatic heterocycles. The average Bonchev–Trinajstić information content (AvgIpc) is 2.87. The van der Waals surface area contributed by atoms with Gasteiger partial charge in [0.1, 0.15) is 6.10 Å². The monoisotopic (exact) mass is 346 g/mol. The number of ether oxygens (including phenoxy) is 1. The molecular weight excluding hydrogens is 316 g/mol. The van der Waals surface area contributed by atoms with Gasteiger partial charge in [-0.15, -0.1) is 0 Å². The number of hydrogen-bond acceptors (Lipinski definition) is 4. The Labute approximate surface area is 150 Å². The molecule has 2 fully saturated rings. The molecule has 3 atom stereocenters. The van der Waals surface area contributed by atoms with E-state index in [1.54, 1.807) is 0 Å². The van der Waals surface area contributed by atoms with Gasteiger partial charge in [0, 0.05) is 38.2 Å². The van der Waals surface area contributed by atoms with E-state index in [1.807, 2.05) is 18.2 Å². The van der Waals surface area contributed by atoms with E-state index in [0.29, 0.717) is 13.2 Å². The van der Waals surface area contributed by atoms with Gasteiger partial charge in [0.25, 0.3) is 5.91 Å². The Morgan fingerprint density at radius 1 is 1.20 bits per heavy atom. The summed E-state index contributed by atoms with van der Waals surface area (Å²) in [6.45, 7) is 3.05. The van der Waals surface area contributed by atoms with Gasteiger partial charge in [0.15, 0.2) is 0 Å². The number of rotatable bonds is 5. The van der Waals surface area contributed by atoms with E-state index in [9.17, 15) is 9.90 Å². The van der Waals surface area contributed by atoms with Gasteiger partial charge in [-0.05, 0) is 18.4 Å². The highest BCUT2D eigenvalue weighted by Gasteiger charge is 2.31. The van der Waals surface area contributed by atoms with E-state index in [-0.39, 0.29) is 24.5 Å². The smallest absolute Gasteiger partial charge is 0.250 e. The van der Waals surface area contributed by atoms with Crippen LogP contribution in [0.4, 0.5) is 0 Å². The third kappa shape index (κ3) is 5.27. The van der Waals surface area contributed by atoms with E-state index in [1.165, 1.54) is 12.0 Å². The van der Waals surface area contributed by atoms with Gasteiger partial charge < -0.3 is 15.2 Å². The first-order valence-electron chi connectivity index (χ1n) is 9.55. The molecule has 1 saturated carbocycles. The SMILES string of the molecule is O=C(NC1CCCCCC1CO)C1CN(Cc2ccccc2)CCO1. The fourth-order valence-electron chi connectivity index (χ4n) is 3.92. The molecule has 3 unspecified atom stereocenters. The molecule has 5 nitrogen and oxygen atoms in total. The van der Waals surface area contributed by atoms with E-state index in [0.717, 1.165) is 38.8 Å². The number of carbonyl (C=O) groups excluding carboxylic acids is 1. The van der Waals surface area contributed by atoms with Crippen molar-refractivity contribution in [3.8, 4) is 0 Å². The zero-order valence-electron chi connectivity index (χ0n) is 14.9. The summed E-state index contributed by atoms with van der Waals surface area (Å²) in [6, 6.07) is 10.4. The lowest BCUT2D eigenvalue weighted by molar-refractivity contribution is -0.140. The summed E-state index contributed by atoms with van der Waals surface area (Å²) < 4.78 is 5.73. The molecule has 0 bridgehead atoms. The largest absolute Gasteiger partial charge is 0.396 e. The number of hydrogen-bond donors (Lipinski definition) is 2. The lowest BCUT2D eigenvalue weighted by atomic mass is 9.95. The van der Waals surface area contributed by atoms with Crippen molar-refractivity contribution < 1.29 is 14.6 Å². The molecule has 5 heteroatoms. The van der Waals surface area contributed by atoms with Crippen molar-refractivity contribution >= 4 is 5.91 Å². The van der Waals surface area contributed by atoms with Crippen LogP contribution in [0.2, 0.25) is 0 Å². The maximum absolute atomic E-state index is 12.7. The summed E-state index contributed by atoms with van der Waals surface area (Å²) in [7, 11) is 0. The quantitative estimate of drug-likeness (QED) is 0.800. The van der Waals surface area contributed by atoms with Crippen LogP contribution in [0.1, 0.15) is 37.7 Å². The Morgan fingerprint density at radius 3 is 2.80 bits per heavy atom. The second kappa shape index (κ2) is 9.32. The molecule has 0 radical (unpaired) electrons. The van der Waals surface area contributed by atoms with Crippen LogP contribution < -0.4 is 5.32 Å². The van der Waals surface area contributed by atoms with Crippen LogP contribution in [-0.4, -0.2) is 54.4 Å². The molecule has 138 valence electrons. The molecular formula is C20H30N2O3. The maximum atomic E-state index is 12.7. The van der Waals surface area contributed by atoms with Crippen molar-refractivity contribution in [2.24, 2.45) is 5.92 Å². The molecule has 1 aromatic rings. The number of aliphatic hydroxyl groups is 1. The van der Waals surface area contributed by atoms with Crippen molar-refractivity contribution in [2.75, 3.05) is 26.3 Å². The average molecular weight is 346 g/mol. The maximum Gasteiger partial charge on any atom is 0.250 e. The Morgan fingerprint density at radius 2 is 2.00 bits per heavy atom. The first-order valence-corrected chi connectivity index (χ1v) is 9.55. The molecule has 2 N–H and O–H groups in total. The minimum Gasteiger partial charge on any atom is -0.396 e. The van der Waals surface area contributed by atoms with Crippen LogP contribution in [0.15, 0.2) is 30.3 Å². The molecule has 1 aliphatic heterocycles. The van der Waals surface area contributed by atoms with Crippen molar-refractivity contribution in [1.29, 1.82) is 0 Å². The van der Waals surface area contributed by atoms with Crippen LogP contribution >= 0.6 is 0 Å². The van der Waals surface area contributed by atoms with E-state index < -0.39 is 6.10 Å². The first kappa shape index (κ1) is 18.4. The Kier molecular flexibility index (Phi) is 6.84. The van der Waals surface area contributed by atoms with Gasteiger partial charge in [-0.2, -0.15) is 0 Å². The Balaban J connectivity index is 1.54. The van der Waals surface area contributed by atoms with Crippen LogP contribution in [0.25, 0.3) is 0 Å². The predicted octanol–water partition coefficient (Wildman–Crippen LogP) is 1.94. The van der Waals surface area contributed by atoms with Crippen LogP contribution in [0.3, 0.4) is 0 Å². The lowest BCUT2D eigenvalue weighted by Gasteiger charge is -2.34. The van der Waals surface area contributed by atoms with Gasteiger partial charge in [0.05, 0.1) is 6.61 Å². The minimum atomic E-state index is -0.417. The van der Waals surface area contributed by atoms with Crippen molar-refractivity contribution in [3.63, 3.8) is 0 Å². The molecule has 25 heavy (non-hydrogen) atoms.